The third kappa shape index (κ3) is 3.40. The summed E-state index contributed by atoms with van der Waals surface area (Å²) in [5.74, 6) is 0.595. The average molecular weight is 292 g/mol. The van der Waals surface area contributed by atoms with E-state index in [-0.39, 0.29) is 10.8 Å². The van der Waals surface area contributed by atoms with Crippen LogP contribution < -0.4 is 5.73 Å². The summed E-state index contributed by atoms with van der Waals surface area (Å²) in [6.07, 6.45) is 3.68. The van der Waals surface area contributed by atoms with Crippen molar-refractivity contribution >= 4 is 17.2 Å². The number of hydrogen-bond donors (Lipinski definition) is 1. The van der Waals surface area contributed by atoms with Crippen LogP contribution in [0.5, 0.6) is 0 Å². The molecule has 2 N–H and O–H groups in total. The van der Waals surface area contributed by atoms with E-state index in [1.165, 1.54) is 6.07 Å². The van der Waals surface area contributed by atoms with Crippen LogP contribution in [-0.4, -0.2) is 26.5 Å². The summed E-state index contributed by atoms with van der Waals surface area (Å²) in [6, 6.07) is 4.84. The van der Waals surface area contributed by atoms with Gasteiger partial charge in [-0.05, 0) is 24.7 Å². The number of nitrogens with zero attached hydrogens (tertiary/aromatic N) is 3. The first-order valence-corrected chi connectivity index (χ1v) is 6.61. The van der Waals surface area contributed by atoms with E-state index in [1.807, 2.05) is 24.9 Å². The molecule has 0 saturated carbocycles. The lowest BCUT2D eigenvalue weighted by Crippen LogP contribution is -2.20. The van der Waals surface area contributed by atoms with E-state index < -0.39 is 0 Å². The molecule has 6 heteroatoms. The summed E-state index contributed by atoms with van der Waals surface area (Å²) < 4.78 is 15.5. The van der Waals surface area contributed by atoms with Gasteiger partial charge in [0.05, 0.1) is 6.54 Å². The number of hydrogen-bond acceptors (Lipinski definition) is 3. The molecule has 1 heterocycles. The minimum absolute atomic E-state index is 0.0797. The van der Waals surface area contributed by atoms with Gasteiger partial charge in [0.1, 0.15) is 16.6 Å². The zero-order chi connectivity index (χ0) is 14.7. The SMILES string of the molecule is CN(Cc1ccc(F)c(C(N)=S)c1)Cc1nccn1C. The number of benzene rings is 1. The van der Waals surface area contributed by atoms with Crippen molar-refractivity contribution in [2.45, 2.75) is 13.1 Å². The third-order valence-electron chi connectivity index (χ3n) is 3.08. The van der Waals surface area contributed by atoms with Gasteiger partial charge in [-0.15, -0.1) is 0 Å². The Bertz CT molecular complexity index is 623. The Hall–Kier alpha value is -1.79. The predicted molar refractivity (Wildman–Crippen MR) is 80.7 cm³/mol. The fourth-order valence-electron chi connectivity index (χ4n) is 2.02. The Labute approximate surface area is 123 Å². The minimum atomic E-state index is -0.381. The first kappa shape index (κ1) is 14.6. The fraction of sp³-hybridized carbons (Fsp3) is 0.286. The molecule has 0 atom stereocenters. The summed E-state index contributed by atoms with van der Waals surface area (Å²) in [5, 5.41) is 0. The van der Waals surface area contributed by atoms with Gasteiger partial charge in [-0.25, -0.2) is 9.37 Å². The van der Waals surface area contributed by atoms with Crippen molar-refractivity contribution in [3.63, 3.8) is 0 Å². The number of aryl methyl sites for hydroxylation is 1. The van der Waals surface area contributed by atoms with Gasteiger partial charge in [0.15, 0.2) is 0 Å². The highest BCUT2D eigenvalue weighted by atomic mass is 32.1. The van der Waals surface area contributed by atoms with Gasteiger partial charge in [0.25, 0.3) is 0 Å². The predicted octanol–water partition coefficient (Wildman–Crippen LogP) is 1.83. The number of thiocarbonyl (C=S) groups is 1. The molecule has 1 aromatic heterocycles. The average Bonchev–Trinajstić information content (AvgIpc) is 2.77. The lowest BCUT2D eigenvalue weighted by Gasteiger charge is -2.17. The maximum Gasteiger partial charge on any atom is 0.133 e. The van der Waals surface area contributed by atoms with Crippen molar-refractivity contribution in [1.29, 1.82) is 0 Å². The third-order valence-corrected chi connectivity index (χ3v) is 3.30. The first-order valence-electron chi connectivity index (χ1n) is 6.20. The summed E-state index contributed by atoms with van der Waals surface area (Å²) >= 11 is 4.84. The van der Waals surface area contributed by atoms with E-state index in [1.54, 1.807) is 18.3 Å². The maximum atomic E-state index is 13.5. The quantitative estimate of drug-likeness (QED) is 0.854. The monoisotopic (exact) mass is 292 g/mol. The van der Waals surface area contributed by atoms with Gasteiger partial charge >= 0.3 is 0 Å². The highest BCUT2D eigenvalue weighted by molar-refractivity contribution is 7.80. The van der Waals surface area contributed by atoms with Crippen LogP contribution in [0.1, 0.15) is 17.0 Å². The molecule has 2 aromatic rings. The molecular weight excluding hydrogens is 275 g/mol. The minimum Gasteiger partial charge on any atom is -0.389 e. The van der Waals surface area contributed by atoms with Crippen molar-refractivity contribution in [3.8, 4) is 0 Å². The zero-order valence-electron chi connectivity index (χ0n) is 11.5. The normalized spacial score (nSPS) is 11.0. The van der Waals surface area contributed by atoms with Crippen LogP contribution in [0.2, 0.25) is 0 Å². The van der Waals surface area contributed by atoms with Gasteiger partial charge in [-0.2, -0.15) is 0 Å². The van der Waals surface area contributed by atoms with E-state index in [9.17, 15) is 4.39 Å². The van der Waals surface area contributed by atoms with Crippen LogP contribution >= 0.6 is 12.2 Å². The lowest BCUT2D eigenvalue weighted by atomic mass is 10.1. The first-order chi connectivity index (χ1) is 9.47. The number of aromatic nitrogens is 2. The Morgan fingerprint density at radius 1 is 1.45 bits per heavy atom. The molecule has 2 rings (SSSR count). The molecule has 0 aliphatic heterocycles. The van der Waals surface area contributed by atoms with Gasteiger partial charge in [0.2, 0.25) is 0 Å². The molecule has 20 heavy (non-hydrogen) atoms. The van der Waals surface area contributed by atoms with E-state index in [2.05, 4.69) is 9.88 Å². The molecule has 0 radical (unpaired) electrons. The molecule has 0 unspecified atom stereocenters. The highest BCUT2D eigenvalue weighted by Crippen LogP contribution is 2.13. The summed E-state index contributed by atoms with van der Waals surface area (Å²) in [7, 11) is 3.94. The zero-order valence-corrected chi connectivity index (χ0v) is 12.3. The summed E-state index contributed by atoms with van der Waals surface area (Å²) in [6.45, 7) is 1.38. The van der Waals surface area contributed by atoms with E-state index in [0.717, 1.165) is 11.4 Å². The number of imidazole rings is 1. The molecule has 1 aromatic carbocycles. The second-order valence-electron chi connectivity index (χ2n) is 4.81. The van der Waals surface area contributed by atoms with Crippen LogP contribution in [0.3, 0.4) is 0 Å². The molecule has 4 nitrogen and oxygen atoms in total. The molecular formula is C14H17FN4S. The van der Waals surface area contributed by atoms with Gasteiger partial charge in [-0.1, -0.05) is 18.3 Å². The van der Waals surface area contributed by atoms with Crippen molar-refractivity contribution in [2.24, 2.45) is 12.8 Å². The van der Waals surface area contributed by atoms with Crippen LogP contribution in [0.25, 0.3) is 0 Å². The molecule has 0 fully saturated rings. The van der Waals surface area contributed by atoms with Crippen LogP contribution in [-0.2, 0) is 20.1 Å². The summed E-state index contributed by atoms with van der Waals surface area (Å²) in [5.41, 5.74) is 6.77. The second kappa shape index (κ2) is 6.11. The highest BCUT2D eigenvalue weighted by Gasteiger charge is 2.09. The molecule has 0 saturated heterocycles. The van der Waals surface area contributed by atoms with Crippen molar-refractivity contribution in [2.75, 3.05) is 7.05 Å². The maximum absolute atomic E-state index is 13.5. The van der Waals surface area contributed by atoms with Crippen LogP contribution in [0.4, 0.5) is 4.39 Å². The van der Waals surface area contributed by atoms with Crippen LogP contribution in [0, 0.1) is 5.82 Å². The molecule has 0 bridgehead atoms. The topological polar surface area (TPSA) is 47.1 Å². The van der Waals surface area contributed by atoms with Crippen molar-refractivity contribution in [3.05, 3.63) is 53.4 Å². The fourth-order valence-corrected chi connectivity index (χ4v) is 2.17. The van der Waals surface area contributed by atoms with E-state index in [0.29, 0.717) is 18.7 Å². The van der Waals surface area contributed by atoms with Gasteiger partial charge < -0.3 is 10.3 Å². The number of rotatable bonds is 5. The molecule has 0 aliphatic rings. The Kier molecular flexibility index (Phi) is 4.46. The Balaban J connectivity index is 2.08. The van der Waals surface area contributed by atoms with Crippen molar-refractivity contribution in [1.82, 2.24) is 14.5 Å². The molecule has 0 aliphatic carbocycles. The van der Waals surface area contributed by atoms with Gasteiger partial charge in [0, 0.05) is 31.5 Å². The summed E-state index contributed by atoms with van der Waals surface area (Å²) in [4.78, 5) is 6.45. The van der Waals surface area contributed by atoms with E-state index in [4.69, 9.17) is 18.0 Å². The number of nitrogens with two attached hydrogens (primary N) is 1. The van der Waals surface area contributed by atoms with Crippen molar-refractivity contribution < 1.29 is 4.39 Å². The Morgan fingerprint density at radius 2 is 2.20 bits per heavy atom. The largest absolute Gasteiger partial charge is 0.389 e. The molecule has 106 valence electrons. The van der Waals surface area contributed by atoms with Crippen LogP contribution in [0.15, 0.2) is 30.6 Å². The molecule has 0 amide bonds. The molecule has 0 spiro atoms. The van der Waals surface area contributed by atoms with E-state index >= 15 is 0 Å². The van der Waals surface area contributed by atoms with Gasteiger partial charge in [-0.3, -0.25) is 4.90 Å². The number of halogens is 1. The smallest absolute Gasteiger partial charge is 0.133 e. The standard InChI is InChI=1S/C14H17FN4S/c1-18(9-13-17-5-6-19(13)2)8-10-3-4-12(15)11(7-10)14(16)20/h3-7H,8-9H2,1-2H3,(H2,16,20). The second-order valence-corrected chi connectivity index (χ2v) is 5.24. The lowest BCUT2D eigenvalue weighted by molar-refractivity contribution is 0.307. The Morgan fingerprint density at radius 3 is 2.80 bits per heavy atom.